The number of aliphatic hydroxyl groups excluding tert-OH is 2. The van der Waals surface area contributed by atoms with E-state index in [4.69, 9.17) is 13.7 Å². The van der Waals surface area contributed by atoms with Gasteiger partial charge in [0.15, 0.2) is 28.7 Å². The maximum absolute atomic E-state index is 13.1. The van der Waals surface area contributed by atoms with Crippen LogP contribution in [-0.4, -0.2) is 81.8 Å². The number of ether oxygens (including phenoxy) is 2. The van der Waals surface area contributed by atoms with Gasteiger partial charge in [-0.2, -0.15) is 18.4 Å². The Kier molecular flexibility index (Phi) is 8.01. The van der Waals surface area contributed by atoms with E-state index < -0.39 is 47.2 Å². The lowest BCUT2D eigenvalue weighted by Gasteiger charge is -2.23. The van der Waals surface area contributed by atoms with Crippen LogP contribution in [0.4, 0.5) is 5.95 Å². The highest BCUT2D eigenvalue weighted by atomic mass is 32.2. The molecule has 3 N–H and O–H groups in total. The average Bonchev–Trinajstić information content (AvgIpc) is 3.36. The summed E-state index contributed by atoms with van der Waals surface area (Å²) in [6.07, 6.45) is -3.67. The SMILES string of the molecule is CCOc1nc(NC(C)=O)nc2c1nc(SC)n2[C@@H]1O[C@H](CO)[C@@H](O)[C@H]1OS(=O)(=O)c1ccc(C)cc1. The predicted molar refractivity (Wildman–Crippen MR) is 133 cm³/mol. The van der Waals surface area contributed by atoms with Crippen LogP contribution < -0.4 is 10.1 Å². The molecule has 3 heterocycles. The van der Waals surface area contributed by atoms with Crippen molar-refractivity contribution in [1.82, 2.24) is 19.5 Å². The molecule has 0 radical (unpaired) electrons. The molecule has 0 spiro atoms. The third kappa shape index (κ3) is 5.42. The smallest absolute Gasteiger partial charge is 0.297 e. The number of hydrogen-bond acceptors (Lipinski definition) is 12. The molecular weight excluding hydrogens is 526 g/mol. The highest BCUT2D eigenvalue weighted by molar-refractivity contribution is 7.98. The summed E-state index contributed by atoms with van der Waals surface area (Å²) >= 11 is 1.19. The van der Waals surface area contributed by atoms with Gasteiger partial charge in [0.05, 0.1) is 18.1 Å². The van der Waals surface area contributed by atoms with E-state index in [-0.39, 0.29) is 34.5 Å². The average molecular weight is 554 g/mol. The van der Waals surface area contributed by atoms with Crippen molar-refractivity contribution in [2.45, 2.75) is 55.4 Å². The lowest BCUT2D eigenvalue weighted by molar-refractivity contribution is -0.114. The van der Waals surface area contributed by atoms with E-state index in [9.17, 15) is 23.4 Å². The molecule has 1 amide bonds. The van der Waals surface area contributed by atoms with E-state index in [1.54, 1.807) is 25.3 Å². The zero-order chi connectivity index (χ0) is 26.9. The van der Waals surface area contributed by atoms with Crippen LogP contribution in [0.5, 0.6) is 5.88 Å². The zero-order valence-corrected chi connectivity index (χ0v) is 22.1. The summed E-state index contributed by atoms with van der Waals surface area (Å²) < 4.78 is 44.7. The van der Waals surface area contributed by atoms with Crippen LogP contribution in [0.25, 0.3) is 11.2 Å². The van der Waals surface area contributed by atoms with Crippen molar-refractivity contribution < 1.29 is 37.1 Å². The first kappa shape index (κ1) is 27.2. The first-order valence-electron chi connectivity index (χ1n) is 11.3. The molecule has 15 heteroatoms. The number of amides is 1. The van der Waals surface area contributed by atoms with Crippen molar-refractivity contribution in [3.63, 3.8) is 0 Å². The third-order valence-corrected chi connectivity index (χ3v) is 7.50. The maximum Gasteiger partial charge on any atom is 0.297 e. The van der Waals surface area contributed by atoms with Gasteiger partial charge < -0.3 is 19.7 Å². The molecule has 1 aliphatic heterocycles. The molecule has 4 rings (SSSR count). The van der Waals surface area contributed by atoms with Crippen LogP contribution in [0.1, 0.15) is 25.6 Å². The maximum atomic E-state index is 13.1. The normalized spacial score (nSPS) is 21.9. The molecule has 37 heavy (non-hydrogen) atoms. The highest BCUT2D eigenvalue weighted by Crippen LogP contribution is 2.39. The summed E-state index contributed by atoms with van der Waals surface area (Å²) in [4.78, 5) is 24.7. The number of rotatable bonds is 9. The molecule has 2 aromatic heterocycles. The number of thioether (sulfide) groups is 1. The zero-order valence-electron chi connectivity index (χ0n) is 20.5. The molecule has 13 nitrogen and oxygen atoms in total. The van der Waals surface area contributed by atoms with Gasteiger partial charge in [-0.25, -0.2) is 4.98 Å². The summed E-state index contributed by atoms with van der Waals surface area (Å²) in [5, 5.41) is 23.5. The highest BCUT2D eigenvalue weighted by Gasteiger charge is 2.49. The fourth-order valence-corrected chi connectivity index (χ4v) is 5.49. The molecule has 3 aromatic rings. The van der Waals surface area contributed by atoms with Crippen molar-refractivity contribution >= 4 is 44.9 Å². The van der Waals surface area contributed by atoms with Crippen molar-refractivity contribution in [2.24, 2.45) is 0 Å². The Bertz CT molecular complexity index is 1400. The van der Waals surface area contributed by atoms with Gasteiger partial charge in [0, 0.05) is 6.92 Å². The number of benzene rings is 1. The van der Waals surface area contributed by atoms with Crippen molar-refractivity contribution in [1.29, 1.82) is 0 Å². The monoisotopic (exact) mass is 553 g/mol. The standard InChI is InChI=1S/C22H27N5O8S2/c1-5-33-19-15-18(25-21(26-19)23-12(3)29)27(22(24-15)36-4)20-17(16(30)14(10-28)34-20)35-37(31,32)13-8-6-11(2)7-9-13/h6-9,14,16-17,20,28,30H,5,10H2,1-4H3,(H,23,25,26,29)/t14-,16-,17-,20-/m1/s1. The van der Waals surface area contributed by atoms with Gasteiger partial charge in [-0.05, 0) is 32.2 Å². The Balaban J connectivity index is 1.85. The molecule has 4 atom stereocenters. The Hall–Kier alpha value is -2.82. The topological polar surface area (TPSA) is 175 Å². The number of nitrogens with one attached hydrogen (secondary N) is 1. The number of aryl methyl sites for hydroxylation is 1. The van der Waals surface area contributed by atoms with Crippen LogP contribution in [-0.2, 0) is 23.8 Å². The summed E-state index contributed by atoms with van der Waals surface area (Å²) in [6.45, 7) is 4.51. The van der Waals surface area contributed by atoms with Crippen molar-refractivity contribution in [3.8, 4) is 5.88 Å². The van der Waals surface area contributed by atoms with Gasteiger partial charge in [-0.1, -0.05) is 29.5 Å². The number of imidazole rings is 1. The molecule has 0 unspecified atom stereocenters. The van der Waals surface area contributed by atoms with Crippen LogP contribution in [0.2, 0.25) is 0 Å². The molecule has 0 aliphatic carbocycles. The molecule has 0 bridgehead atoms. The van der Waals surface area contributed by atoms with E-state index in [0.717, 1.165) is 5.56 Å². The summed E-state index contributed by atoms with van der Waals surface area (Å²) in [5.74, 6) is -0.400. The number of carbonyl (C=O) groups is 1. The van der Waals surface area contributed by atoms with Gasteiger partial charge in [-0.15, -0.1) is 0 Å². The van der Waals surface area contributed by atoms with Gasteiger partial charge in [0.25, 0.3) is 10.1 Å². The number of anilines is 1. The largest absolute Gasteiger partial charge is 0.476 e. The first-order valence-corrected chi connectivity index (χ1v) is 13.9. The Morgan fingerprint density at radius 2 is 1.95 bits per heavy atom. The number of aliphatic hydroxyl groups is 2. The van der Waals surface area contributed by atoms with Gasteiger partial charge in [0.1, 0.15) is 12.2 Å². The minimum atomic E-state index is -4.34. The second-order valence-corrected chi connectivity index (χ2v) is 10.5. The molecule has 200 valence electrons. The van der Waals surface area contributed by atoms with Gasteiger partial charge >= 0.3 is 0 Å². The van der Waals surface area contributed by atoms with Crippen molar-refractivity contribution in [3.05, 3.63) is 29.8 Å². The third-order valence-electron chi connectivity index (χ3n) is 5.52. The molecular formula is C22H27N5O8S2. The second-order valence-electron chi connectivity index (χ2n) is 8.17. The van der Waals surface area contributed by atoms with E-state index in [1.807, 2.05) is 6.92 Å². The molecule has 0 saturated carbocycles. The second kappa shape index (κ2) is 10.9. The van der Waals surface area contributed by atoms with E-state index in [0.29, 0.717) is 5.16 Å². The number of fused-ring (bicyclic) bond motifs is 1. The number of carbonyl (C=O) groups excluding carboxylic acids is 1. The summed E-state index contributed by atoms with van der Waals surface area (Å²) in [5.41, 5.74) is 1.23. The Morgan fingerprint density at radius 3 is 2.54 bits per heavy atom. The van der Waals surface area contributed by atoms with Crippen LogP contribution in [0, 0.1) is 6.92 Å². The lowest BCUT2D eigenvalue weighted by Crippen LogP contribution is -2.37. The lowest BCUT2D eigenvalue weighted by atomic mass is 10.1. The van der Waals surface area contributed by atoms with Crippen LogP contribution in [0.15, 0.2) is 34.3 Å². The summed E-state index contributed by atoms with van der Waals surface area (Å²) in [6, 6.07) is 6.03. The van der Waals surface area contributed by atoms with Gasteiger partial charge in [0.2, 0.25) is 17.7 Å². The fourth-order valence-electron chi connectivity index (χ4n) is 3.84. The minimum absolute atomic E-state index is 0.0701. The molecule has 1 saturated heterocycles. The first-order chi connectivity index (χ1) is 17.6. The van der Waals surface area contributed by atoms with Crippen molar-refractivity contribution in [2.75, 3.05) is 24.8 Å². The van der Waals surface area contributed by atoms with Crippen LogP contribution >= 0.6 is 11.8 Å². The minimum Gasteiger partial charge on any atom is -0.476 e. The predicted octanol–water partition coefficient (Wildman–Crippen LogP) is 1.24. The van der Waals surface area contributed by atoms with Crippen LogP contribution in [0.3, 0.4) is 0 Å². The van der Waals surface area contributed by atoms with E-state index >= 15 is 0 Å². The number of aromatic nitrogens is 4. The van der Waals surface area contributed by atoms with Gasteiger partial charge in [-0.3, -0.25) is 18.9 Å². The van der Waals surface area contributed by atoms with E-state index in [1.165, 1.54) is 35.4 Å². The molecule has 1 aromatic carbocycles. The molecule has 1 fully saturated rings. The Labute approximate surface area is 217 Å². The Morgan fingerprint density at radius 1 is 1.24 bits per heavy atom. The van der Waals surface area contributed by atoms with E-state index in [2.05, 4.69) is 20.3 Å². The fraction of sp³-hybridized carbons (Fsp3) is 0.455. The number of hydrogen-bond donors (Lipinski definition) is 3. The summed E-state index contributed by atoms with van der Waals surface area (Å²) in [7, 11) is -4.34. The number of nitrogens with zero attached hydrogens (tertiary/aromatic N) is 4. The quantitative estimate of drug-likeness (QED) is 0.256. The molecule has 1 aliphatic rings.